The average Bonchev–Trinajstić information content (AvgIpc) is 3.73. The van der Waals surface area contributed by atoms with Crippen LogP contribution in [0.2, 0.25) is 0 Å². The molecular formula is C55H51N5O. The summed E-state index contributed by atoms with van der Waals surface area (Å²) in [4.78, 5) is 18.3. The highest BCUT2D eigenvalue weighted by atomic mass is 16.5. The first-order chi connectivity index (χ1) is 29.2. The Morgan fingerprint density at radius 2 is 1.36 bits per heavy atom. The van der Waals surface area contributed by atoms with Gasteiger partial charge in [0, 0.05) is 57.0 Å². The second kappa shape index (κ2) is 12.7. The quantitative estimate of drug-likeness (QED) is 0.174. The molecule has 0 radical (unpaired) electrons. The van der Waals surface area contributed by atoms with Gasteiger partial charge in [0.1, 0.15) is 28.7 Å². The minimum atomic E-state index is -0.493. The van der Waals surface area contributed by atoms with Crippen LogP contribution < -0.4 is 9.64 Å². The minimum absolute atomic E-state index is 0.199. The Hall–Kier alpha value is -6.53. The fourth-order valence-corrected chi connectivity index (χ4v) is 11.3. The number of aryl methyl sites for hydroxylation is 6. The third-order valence-corrected chi connectivity index (χ3v) is 14.3. The Bertz CT molecular complexity index is 3200. The van der Waals surface area contributed by atoms with Gasteiger partial charge in [-0.15, -0.1) is 0 Å². The first kappa shape index (κ1) is 37.5. The van der Waals surface area contributed by atoms with Crippen LogP contribution in [0.15, 0.2) is 121 Å². The molecule has 0 spiro atoms. The summed E-state index contributed by atoms with van der Waals surface area (Å²) in [6.45, 7) is 22.6. The Morgan fingerprint density at radius 1 is 0.607 bits per heavy atom. The van der Waals surface area contributed by atoms with E-state index < -0.39 is 5.54 Å². The van der Waals surface area contributed by atoms with Gasteiger partial charge < -0.3 is 9.64 Å². The van der Waals surface area contributed by atoms with Crippen LogP contribution in [0, 0.1) is 41.5 Å². The predicted octanol–water partition coefficient (Wildman–Crippen LogP) is 13.0. The van der Waals surface area contributed by atoms with Gasteiger partial charge in [0.05, 0.1) is 22.3 Å². The lowest BCUT2D eigenvalue weighted by Crippen LogP contribution is -2.54. The summed E-state index contributed by atoms with van der Waals surface area (Å²) in [6, 6.07) is 37.6. The van der Waals surface area contributed by atoms with E-state index in [1.54, 1.807) is 0 Å². The Balaban J connectivity index is 1.13. The topological polar surface area (TPSA) is 55.5 Å². The highest BCUT2D eigenvalue weighted by Gasteiger charge is 2.61. The standard InChI is InChI=1S/C55H51N5O/c1-31-16-17-43-39(22-31)30-54(9)55(43,10)58-51(60(54)49-35(5)20-32(2)21-36(49)6)38-26-37(46-15-11-12-18-56-46)27-40(28-38)61-48-29-47-41(25-34(48)4)42-23-33(3)24-45-50(42)59(47)52-44(53(45,7)8)14-13-19-57-52/h11-29H,30H2,1-10H3/t54-,55+/m0/s1. The molecule has 0 bridgehead atoms. The highest BCUT2D eigenvalue weighted by Crippen LogP contribution is 2.57. The van der Waals surface area contributed by atoms with Crippen molar-refractivity contribution in [3.05, 3.63) is 177 Å². The average molecular weight is 798 g/mol. The molecule has 5 aromatic carbocycles. The third-order valence-electron chi connectivity index (χ3n) is 14.3. The van der Waals surface area contributed by atoms with Gasteiger partial charge >= 0.3 is 0 Å². The maximum absolute atomic E-state index is 7.16. The molecule has 1 aliphatic carbocycles. The van der Waals surface area contributed by atoms with Crippen molar-refractivity contribution >= 4 is 33.3 Å². The van der Waals surface area contributed by atoms with Crippen molar-refractivity contribution in [2.75, 3.05) is 4.90 Å². The van der Waals surface area contributed by atoms with E-state index in [0.29, 0.717) is 0 Å². The van der Waals surface area contributed by atoms with Crippen molar-refractivity contribution in [2.45, 2.75) is 92.2 Å². The normalized spacial score (nSPS) is 19.6. The molecule has 0 saturated heterocycles. The van der Waals surface area contributed by atoms with E-state index >= 15 is 0 Å². The Morgan fingerprint density at radius 3 is 2.13 bits per heavy atom. The molecule has 3 aromatic heterocycles. The Labute approximate surface area is 358 Å². The Kier molecular flexibility index (Phi) is 7.83. The molecule has 6 heteroatoms. The smallest absolute Gasteiger partial charge is 0.141 e. The molecular weight excluding hydrogens is 747 g/mol. The number of ether oxygens (including phenoxy) is 1. The predicted molar refractivity (Wildman–Crippen MR) is 250 cm³/mol. The number of aromatic nitrogens is 3. The highest BCUT2D eigenvalue weighted by molar-refractivity contribution is 6.15. The molecule has 2 atom stereocenters. The van der Waals surface area contributed by atoms with Gasteiger partial charge in [0.2, 0.25) is 0 Å². The second-order valence-corrected chi connectivity index (χ2v) is 18.9. The van der Waals surface area contributed by atoms with Crippen molar-refractivity contribution in [2.24, 2.45) is 4.99 Å². The van der Waals surface area contributed by atoms with E-state index in [-0.39, 0.29) is 11.0 Å². The zero-order chi connectivity index (χ0) is 42.3. The van der Waals surface area contributed by atoms with Crippen LogP contribution in [0.3, 0.4) is 0 Å². The van der Waals surface area contributed by atoms with E-state index in [4.69, 9.17) is 19.7 Å². The maximum Gasteiger partial charge on any atom is 0.141 e. The lowest BCUT2D eigenvalue weighted by Gasteiger charge is -2.43. The molecule has 0 unspecified atom stereocenters. The maximum atomic E-state index is 7.16. The molecule has 0 saturated carbocycles. The van der Waals surface area contributed by atoms with E-state index in [1.165, 1.54) is 72.0 Å². The molecule has 2 aliphatic heterocycles. The second-order valence-electron chi connectivity index (χ2n) is 18.9. The van der Waals surface area contributed by atoms with Gasteiger partial charge in [-0.25, -0.2) is 4.98 Å². The number of rotatable bonds is 5. The van der Waals surface area contributed by atoms with E-state index in [9.17, 15) is 0 Å². The van der Waals surface area contributed by atoms with Gasteiger partial charge in [-0.05, 0) is 144 Å². The fourth-order valence-electron chi connectivity index (χ4n) is 11.3. The molecule has 5 heterocycles. The first-order valence-corrected chi connectivity index (χ1v) is 21.5. The van der Waals surface area contributed by atoms with Crippen molar-refractivity contribution in [1.82, 2.24) is 14.5 Å². The van der Waals surface area contributed by atoms with Crippen LogP contribution in [0.4, 0.5) is 5.69 Å². The summed E-state index contributed by atoms with van der Waals surface area (Å²) in [5.74, 6) is 3.45. The van der Waals surface area contributed by atoms with Crippen LogP contribution in [-0.4, -0.2) is 25.9 Å². The summed E-state index contributed by atoms with van der Waals surface area (Å²) < 4.78 is 9.52. The summed E-state index contributed by atoms with van der Waals surface area (Å²) >= 11 is 0. The molecule has 8 aromatic rings. The summed E-state index contributed by atoms with van der Waals surface area (Å²) in [5.41, 5.74) is 17.8. The van der Waals surface area contributed by atoms with Gasteiger partial charge in [-0.2, -0.15) is 0 Å². The number of nitrogens with zero attached hydrogens (tertiary/aromatic N) is 5. The van der Waals surface area contributed by atoms with Gasteiger partial charge in [-0.3, -0.25) is 14.5 Å². The van der Waals surface area contributed by atoms with Crippen molar-refractivity contribution in [3.63, 3.8) is 0 Å². The summed E-state index contributed by atoms with van der Waals surface area (Å²) in [5, 5.41) is 2.44. The lowest BCUT2D eigenvalue weighted by molar-refractivity contribution is 0.321. The monoisotopic (exact) mass is 797 g/mol. The number of fused-ring (bicyclic) bond motifs is 8. The molecule has 61 heavy (non-hydrogen) atoms. The number of anilines is 1. The molecule has 6 nitrogen and oxygen atoms in total. The van der Waals surface area contributed by atoms with Gasteiger partial charge in [-0.1, -0.05) is 79.1 Å². The molecule has 302 valence electrons. The van der Waals surface area contributed by atoms with Crippen LogP contribution in [0.1, 0.15) is 88.9 Å². The third kappa shape index (κ3) is 5.24. The zero-order valence-electron chi connectivity index (χ0n) is 36.8. The molecule has 0 fully saturated rings. The van der Waals surface area contributed by atoms with Crippen molar-refractivity contribution in [1.29, 1.82) is 0 Å². The SMILES string of the molecule is Cc1cc(C)c(N2C(c3cc(Oc4cc5c(cc4C)c4cc(C)cc6c4n5-c4ncccc4C6(C)C)cc(-c4ccccn4)c3)=N[C@]3(C)c4ccc(C)cc4C[C@]23C)c(C)c1. The summed E-state index contributed by atoms with van der Waals surface area (Å²) in [6.07, 6.45) is 4.65. The molecule has 3 aliphatic rings. The van der Waals surface area contributed by atoms with E-state index in [2.05, 4.69) is 170 Å². The van der Waals surface area contributed by atoms with Gasteiger partial charge in [0.15, 0.2) is 0 Å². The summed E-state index contributed by atoms with van der Waals surface area (Å²) in [7, 11) is 0. The molecule has 11 rings (SSSR count). The number of hydrogen-bond donors (Lipinski definition) is 0. The molecule has 0 N–H and O–H groups in total. The number of benzene rings is 5. The minimum Gasteiger partial charge on any atom is -0.457 e. The zero-order valence-corrected chi connectivity index (χ0v) is 36.8. The van der Waals surface area contributed by atoms with Gasteiger partial charge in [0.25, 0.3) is 0 Å². The largest absolute Gasteiger partial charge is 0.457 e. The van der Waals surface area contributed by atoms with Crippen molar-refractivity contribution < 1.29 is 4.74 Å². The fraction of sp³-hybridized carbons (Fsp3) is 0.255. The van der Waals surface area contributed by atoms with E-state index in [0.717, 1.165) is 57.5 Å². The number of pyridine rings is 2. The van der Waals surface area contributed by atoms with Crippen LogP contribution in [0.25, 0.3) is 38.9 Å². The van der Waals surface area contributed by atoms with Crippen LogP contribution in [0.5, 0.6) is 11.5 Å². The number of hydrogen-bond acceptors (Lipinski definition) is 5. The van der Waals surface area contributed by atoms with Crippen molar-refractivity contribution in [3.8, 4) is 28.6 Å². The number of aliphatic imine (C=N–C) groups is 1. The lowest BCUT2D eigenvalue weighted by atomic mass is 9.75. The van der Waals surface area contributed by atoms with Crippen LogP contribution in [-0.2, 0) is 17.4 Å². The first-order valence-electron chi connectivity index (χ1n) is 21.5. The van der Waals surface area contributed by atoms with E-state index in [1.807, 2.05) is 24.5 Å². The number of amidine groups is 1. The van der Waals surface area contributed by atoms with Crippen LogP contribution >= 0.6 is 0 Å². The molecule has 0 amide bonds.